The van der Waals surface area contributed by atoms with Gasteiger partial charge in [0, 0.05) is 17.1 Å². The van der Waals surface area contributed by atoms with Crippen molar-refractivity contribution >= 4 is 11.6 Å². The molecule has 1 nitrogen and oxygen atoms in total. The maximum atomic E-state index is 6.29. The molecular formula is C17H24ClN. The van der Waals surface area contributed by atoms with E-state index in [0.29, 0.717) is 12.1 Å². The molecule has 0 aromatic heterocycles. The van der Waals surface area contributed by atoms with Gasteiger partial charge in [0.25, 0.3) is 0 Å². The van der Waals surface area contributed by atoms with Gasteiger partial charge in [0.1, 0.15) is 0 Å². The van der Waals surface area contributed by atoms with Crippen molar-refractivity contribution in [1.82, 2.24) is 5.32 Å². The van der Waals surface area contributed by atoms with Crippen LogP contribution in [0, 0.1) is 11.8 Å². The highest BCUT2D eigenvalue weighted by Gasteiger charge is 2.34. The zero-order valence-corrected chi connectivity index (χ0v) is 12.5. The minimum atomic E-state index is 0.358. The zero-order valence-electron chi connectivity index (χ0n) is 11.7. The van der Waals surface area contributed by atoms with Crippen LogP contribution in [0.4, 0.5) is 0 Å². The van der Waals surface area contributed by atoms with Crippen LogP contribution in [0.5, 0.6) is 0 Å². The molecule has 3 unspecified atom stereocenters. The van der Waals surface area contributed by atoms with Gasteiger partial charge < -0.3 is 5.32 Å². The first kappa shape index (κ1) is 13.5. The van der Waals surface area contributed by atoms with Gasteiger partial charge in [-0.3, -0.25) is 0 Å². The molecule has 0 saturated heterocycles. The quantitative estimate of drug-likeness (QED) is 0.820. The van der Waals surface area contributed by atoms with E-state index in [2.05, 4.69) is 24.4 Å². The monoisotopic (exact) mass is 277 g/mol. The topological polar surface area (TPSA) is 12.0 Å². The third-order valence-electron chi connectivity index (χ3n) is 4.86. The van der Waals surface area contributed by atoms with Crippen molar-refractivity contribution in [3.8, 4) is 0 Å². The normalized spacial score (nSPS) is 29.2. The fourth-order valence-corrected chi connectivity index (χ4v) is 3.94. The molecule has 3 atom stereocenters. The largest absolute Gasteiger partial charge is 0.307 e. The second-order valence-corrected chi connectivity index (χ2v) is 6.78. The smallest absolute Gasteiger partial charge is 0.0453 e. The molecule has 0 aliphatic heterocycles. The Morgan fingerprint density at radius 2 is 1.89 bits per heavy atom. The lowest BCUT2D eigenvalue weighted by atomic mass is 9.82. The summed E-state index contributed by atoms with van der Waals surface area (Å²) in [5.41, 5.74) is 1.23. The number of benzene rings is 1. The van der Waals surface area contributed by atoms with E-state index < -0.39 is 0 Å². The van der Waals surface area contributed by atoms with E-state index in [1.165, 1.54) is 44.1 Å². The molecule has 0 spiro atoms. The van der Waals surface area contributed by atoms with Crippen LogP contribution in [0.15, 0.2) is 24.3 Å². The van der Waals surface area contributed by atoms with Crippen molar-refractivity contribution in [2.45, 2.75) is 57.5 Å². The minimum Gasteiger partial charge on any atom is -0.307 e. The summed E-state index contributed by atoms with van der Waals surface area (Å²) in [6.07, 6.45) is 8.53. The van der Waals surface area contributed by atoms with Crippen molar-refractivity contribution in [2.75, 3.05) is 0 Å². The number of hydrogen-bond acceptors (Lipinski definition) is 1. The lowest BCUT2D eigenvalue weighted by Crippen LogP contribution is -2.36. The van der Waals surface area contributed by atoms with E-state index in [0.717, 1.165) is 16.9 Å². The Balaban J connectivity index is 1.59. The van der Waals surface area contributed by atoms with E-state index in [4.69, 9.17) is 11.6 Å². The van der Waals surface area contributed by atoms with Gasteiger partial charge >= 0.3 is 0 Å². The van der Waals surface area contributed by atoms with Gasteiger partial charge in [0.2, 0.25) is 0 Å². The molecule has 2 aliphatic carbocycles. The second-order valence-electron chi connectivity index (χ2n) is 6.37. The predicted octanol–water partition coefficient (Wildman–Crippen LogP) is 4.96. The van der Waals surface area contributed by atoms with Crippen molar-refractivity contribution in [3.63, 3.8) is 0 Å². The molecule has 1 aromatic rings. The lowest BCUT2D eigenvalue weighted by molar-refractivity contribution is 0.249. The number of halogens is 1. The molecule has 0 heterocycles. The average Bonchev–Trinajstić information content (AvgIpc) is 3.24. The number of nitrogens with one attached hydrogen (secondary N) is 1. The van der Waals surface area contributed by atoms with Gasteiger partial charge in [-0.25, -0.2) is 0 Å². The molecule has 2 saturated carbocycles. The van der Waals surface area contributed by atoms with Gasteiger partial charge in [-0.2, -0.15) is 0 Å². The molecule has 2 fully saturated rings. The van der Waals surface area contributed by atoms with Crippen LogP contribution in [-0.2, 0) is 0 Å². The predicted molar refractivity (Wildman–Crippen MR) is 81.5 cm³/mol. The third-order valence-corrected chi connectivity index (χ3v) is 5.21. The SMILES string of the molecule is CC(NC1CCCC(C2CC2)C1)c1ccccc1Cl. The van der Waals surface area contributed by atoms with Crippen LogP contribution in [0.1, 0.15) is 57.1 Å². The Hall–Kier alpha value is -0.530. The highest BCUT2D eigenvalue weighted by Crippen LogP contribution is 2.44. The number of hydrogen-bond donors (Lipinski definition) is 1. The van der Waals surface area contributed by atoms with Crippen LogP contribution in [0.3, 0.4) is 0 Å². The number of rotatable bonds is 4. The van der Waals surface area contributed by atoms with Gasteiger partial charge in [-0.15, -0.1) is 0 Å². The summed E-state index contributed by atoms with van der Waals surface area (Å²) in [6.45, 7) is 2.24. The minimum absolute atomic E-state index is 0.358. The summed E-state index contributed by atoms with van der Waals surface area (Å²) >= 11 is 6.29. The molecule has 104 valence electrons. The maximum Gasteiger partial charge on any atom is 0.0453 e. The molecule has 0 radical (unpaired) electrons. The fourth-order valence-electron chi connectivity index (χ4n) is 3.64. The lowest BCUT2D eigenvalue weighted by Gasteiger charge is -2.32. The van der Waals surface area contributed by atoms with Crippen LogP contribution >= 0.6 is 11.6 Å². The van der Waals surface area contributed by atoms with Crippen molar-refractivity contribution in [3.05, 3.63) is 34.9 Å². The molecule has 2 heteroatoms. The highest BCUT2D eigenvalue weighted by atomic mass is 35.5. The molecule has 1 N–H and O–H groups in total. The standard InChI is InChI=1S/C17H24ClN/c1-12(16-7-2-3-8-17(16)18)19-15-6-4-5-14(11-15)13-9-10-13/h2-3,7-8,12-15,19H,4-6,9-11H2,1H3. The maximum absolute atomic E-state index is 6.29. The van der Waals surface area contributed by atoms with Crippen molar-refractivity contribution in [1.29, 1.82) is 0 Å². The molecule has 1 aromatic carbocycles. The Bertz CT molecular complexity index is 427. The molecule has 3 rings (SSSR count). The zero-order chi connectivity index (χ0) is 13.2. The van der Waals surface area contributed by atoms with Crippen molar-refractivity contribution < 1.29 is 0 Å². The van der Waals surface area contributed by atoms with E-state index in [1.807, 2.05) is 12.1 Å². The summed E-state index contributed by atoms with van der Waals surface area (Å²) in [5.74, 6) is 2.05. The van der Waals surface area contributed by atoms with Gasteiger partial charge in [-0.1, -0.05) is 42.6 Å². The molecule has 0 amide bonds. The summed E-state index contributed by atoms with van der Waals surface area (Å²) in [7, 11) is 0. The first-order chi connectivity index (χ1) is 9.24. The highest BCUT2D eigenvalue weighted by molar-refractivity contribution is 6.31. The fraction of sp³-hybridized carbons (Fsp3) is 0.647. The van der Waals surface area contributed by atoms with Crippen molar-refractivity contribution in [2.24, 2.45) is 11.8 Å². The van der Waals surface area contributed by atoms with Gasteiger partial charge in [0.15, 0.2) is 0 Å². The third kappa shape index (κ3) is 3.32. The summed E-state index contributed by atoms with van der Waals surface area (Å²) < 4.78 is 0. The molecule has 0 bridgehead atoms. The van der Waals surface area contributed by atoms with Crippen LogP contribution in [-0.4, -0.2) is 6.04 Å². The average molecular weight is 278 g/mol. The summed E-state index contributed by atoms with van der Waals surface area (Å²) in [6, 6.07) is 9.25. The molecule has 19 heavy (non-hydrogen) atoms. The first-order valence-electron chi connectivity index (χ1n) is 7.74. The summed E-state index contributed by atoms with van der Waals surface area (Å²) in [5, 5.41) is 4.69. The van der Waals surface area contributed by atoms with E-state index in [1.54, 1.807) is 0 Å². The van der Waals surface area contributed by atoms with Gasteiger partial charge in [-0.05, 0) is 56.1 Å². The Kier molecular flexibility index (Phi) is 4.14. The Labute approximate surface area is 121 Å². The second kappa shape index (κ2) is 5.85. The van der Waals surface area contributed by atoms with Gasteiger partial charge in [0.05, 0.1) is 0 Å². The Morgan fingerprint density at radius 1 is 1.11 bits per heavy atom. The van der Waals surface area contributed by atoms with Crippen LogP contribution in [0.25, 0.3) is 0 Å². The first-order valence-corrected chi connectivity index (χ1v) is 8.12. The Morgan fingerprint density at radius 3 is 2.63 bits per heavy atom. The molecule has 2 aliphatic rings. The summed E-state index contributed by atoms with van der Waals surface area (Å²) in [4.78, 5) is 0. The van der Waals surface area contributed by atoms with Crippen LogP contribution < -0.4 is 5.32 Å². The van der Waals surface area contributed by atoms with E-state index >= 15 is 0 Å². The molecular weight excluding hydrogens is 254 g/mol. The van der Waals surface area contributed by atoms with E-state index in [9.17, 15) is 0 Å². The van der Waals surface area contributed by atoms with Crippen LogP contribution in [0.2, 0.25) is 5.02 Å². The van der Waals surface area contributed by atoms with E-state index in [-0.39, 0.29) is 0 Å².